The predicted molar refractivity (Wildman–Crippen MR) is 82.8 cm³/mol. The van der Waals surface area contributed by atoms with Gasteiger partial charge in [-0.2, -0.15) is 0 Å². The Morgan fingerprint density at radius 1 is 0.947 bits per heavy atom. The van der Waals surface area contributed by atoms with Crippen molar-refractivity contribution in [3.63, 3.8) is 0 Å². The van der Waals surface area contributed by atoms with Gasteiger partial charge in [-0.3, -0.25) is 4.79 Å². The highest BCUT2D eigenvalue weighted by Gasteiger charge is 2.10. The third-order valence-corrected chi connectivity index (χ3v) is 3.92. The Hall–Kier alpha value is -1.41. The van der Waals surface area contributed by atoms with Crippen LogP contribution in [0.1, 0.15) is 32.6 Å². The third-order valence-electron chi connectivity index (χ3n) is 3.42. The van der Waals surface area contributed by atoms with E-state index in [4.69, 9.17) is 0 Å². The zero-order chi connectivity index (χ0) is 14.0. The second-order valence-corrected chi connectivity index (χ2v) is 5.89. The van der Waals surface area contributed by atoms with E-state index >= 15 is 0 Å². The van der Waals surface area contributed by atoms with Crippen LogP contribution in [0.3, 0.4) is 0 Å². The summed E-state index contributed by atoms with van der Waals surface area (Å²) in [5.41, 5.74) is 5.40. The Kier molecular flexibility index (Phi) is 4.20. The van der Waals surface area contributed by atoms with Crippen molar-refractivity contribution in [1.82, 2.24) is 0 Å². The van der Waals surface area contributed by atoms with Gasteiger partial charge in [0, 0.05) is 16.5 Å². The number of rotatable bonds is 3. The lowest BCUT2D eigenvalue weighted by atomic mass is 9.97. The van der Waals surface area contributed by atoms with Gasteiger partial charge in [0.25, 0.3) is 0 Å². The van der Waals surface area contributed by atoms with Gasteiger partial charge in [-0.05, 0) is 55.2 Å². The van der Waals surface area contributed by atoms with E-state index in [9.17, 15) is 4.79 Å². The normalized spacial score (nSPS) is 10.5. The first-order valence-corrected chi connectivity index (χ1v) is 7.12. The van der Waals surface area contributed by atoms with Crippen molar-refractivity contribution in [2.75, 3.05) is 0 Å². The number of aryl methyl sites for hydroxylation is 3. The van der Waals surface area contributed by atoms with E-state index in [2.05, 4.69) is 41.9 Å². The highest BCUT2D eigenvalue weighted by Crippen LogP contribution is 2.18. The Morgan fingerprint density at radius 3 is 2.32 bits per heavy atom. The molecule has 0 aliphatic heterocycles. The minimum atomic E-state index is 0.174. The first kappa shape index (κ1) is 14.0. The molecule has 0 amide bonds. The van der Waals surface area contributed by atoms with Crippen LogP contribution in [0.25, 0.3) is 0 Å². The van der Waals surface area contributed by atoms with Crippen molar-refractivity contribution in [3.05, 3.63) is 68.7 Å². The Balaban J connectivity index is 2.23. The molecule has 0 heterocycles. The molecule has 2 heteroatoms. The molecule has 98 valence electrons. The maximum absolute atomic E-state index is 12.3. The van der Waals surface area contributed by atoms with E-state index in [1.54, 1.807) is 0 Å². The van der Waals surface area contributed by atoms with Gasteiger partial charge in [-0.25, -0.2) is 0 Å². The summed E-state index contributed by atoms with van der Waals surface area (Å²) in [5, 5.41) is 0. The van der Waals surface area contributed by atoms with Gasteiger partial charge in [0.2, 0.25) is 0 Å². The van der Waals surface area contributed by atoms with Gasteiger partial charge >= 0.3 is 0 Å². The van der Waals surface area contributed by atoms with Crippen LogP contribution in [0.2, 0.25) is 0 Å². The zero-order valence-corrected chi connectivity index (χ0v) is 13.0. The monoisotopic (exact) mass is 316 g/mol. The van der Waals surface area contributed by atoms with E-state index < -0.39 is 0 Å². The number of hydrogen-bond donors (Lipinski definition) is 0. The van der Waals surface area contributed by atoms with Crippen molar-refractivity contribution < 1.29 is 4.79 Å². The Morgan fingerprint density at radius 2 is 1.68 bits per heavy atom. The van der Waals surface area contributed by atoms with Crippen molar-refractivity contribution in [2.24, 2.45) is 0 Å². The highest BCUT2D eigenvalue weighted by molar-refractivity contribution is 9.10. The summed E-state index contributed by atoms with van der Waals surface area (Å²) in [6.07, 6.45) is 0.462. The van der Waals surface area contributed by atoms with Crippen LogP contribution < -0.4 is 0 Å². The molecule has 0 saturated heterocycles. The first-order chi connectivity index (χ1) is 8.97. The van der Waals surface area contributed by atoms with Gasteiger partial charge < -0.3 is 0 Å². The van der Waals surface area contributed by atoms with Crippen LogP contribution in [-0.4, -0.2) is 5.78 Å². The minimum absolute atomic E-state index is 0.174. The number of carbonyl (C=O) groups excluding carboxylic acids is 1. The van der Waals surface area contributed by atoms with Crippen molar-refractivity contribution in [3.8, 4) is 0 Å². The predicted octanol–water partition coefficient (Wildman–Crippen LogP) is 4.80. The van der Waals surface area contributed by atoms with E-state index in [1.165, 1.54) is 11.1 Å². The van der Waals surface area contributed by atoms with Crippen LogP contribution in [0, 0.1) is 20.8 Å². The maximum atomic E-state index is 12.3. The van der Waals surface area contributed by atoms with Gasteiger partial charge in [0.05, 0.1) is 0 Å². The minimum Gasteiger partial charge on any atom is -0.294 e. The van der Waals surface area contributed by atoms with E-state index in [-0.39, 0.29) is 5.78 Å². The number of carbonyl (C=O) groups is 1. The summed E-state index contributed by atoms with van der Waals surface area (Å²) >= 11 is 3.42. The van der Waals surface area contributed by atoms with Crippen LogP contribution in [0.15, 0.2) is 40.9 Å². The molecule has 19 heavy (non-hydrogen) atoms. The van der Waals surface area contributed by atoms with Gasteiger partial charge in [-0.1, -0.05) is 40.2 Å². The van der Waals surface area contributed by atoms with E-state index in [0.29, 0.717) is 6.42 Å². The molecule has 0 unspecified atom stereocenters. The molecular formula is C17H17BrO. The van der Waals surface area contributed by atoms with Crippen molar-refractivity contribution in [1.29, 1.82) is 0 Å². The largest absolute Gasteiger partial charge is 0.294 e. The summed E-state index contributed by atoms with van der Waals surface area (Å²) in [4.78, 5) is 12.3. The molecular weight excluding hydrogens is 300 g/mol. The number of benzene rings is 2. The topological polar surface area (TPSA) is 17.1 Å². The molecule has 0 aliphatic carbocycles. The molecule has 0 aliphatic rings. The average molecular weight is 317 g/mol. The fourth-order valence-electron chi connectivity index (χ4n) is 2.13. The number of Topliss-reactive ketones (excluding diaryl/α,β-unsaturated/α-hetero) is 1. The molecule has 0 N–H and O–H groups in total. The highest BCUT2D eigenvalue weighted by atomic mass is 79.9. The molecule has 0 saturated carbocycles. The van der Waals surface area contributed by atoms with Crippen molar-refractivity contribution in [2.45, 2.75) is 27.2 Å². The van der Waals surface area contributed by atoms with Gasteiger partial charge in [0.1, 0.15) is 0 Å². The summed E-state index contributed by atoms with van der Waals surface area (Å²) < 4.78 is 1.01. The molecule has 0 atom stereocenters. The zero-order valence-electron chi connectivity index (χ0n) is 11.5. The molecule has 2 aromatic rings. The van der Waals surface area contributed by atoms with Gasteiger partial charge in [-0.15, -0.1) is 0 Å². The Bertz CT molecular complexity index is 629. The lowest BCUT2D eigenvalue weighted by Crippen LogP contribution is -2.06. The smallest absolute Gasteiger partial charge is 0.167 e. The van der Waals surface area contributed by atoms with E-state index in [0.717, 1.165) is 21.2 Å². The molecule has 0 bridgehead atoms. The summed E-state index contributed by atoms with van der Waals surface area (Å²) in [6.45, 7) is 6.13. The second-order valence-electron chi connectivity index (χ2n) is 4.98. The quantitative estimate of drug-likeness (QED) is 0.743. The number of hydrogen-bond acceptors (Lipinski definition) is 1. The second kappa shape index (κ2) is 5.70. The standard InChI is InChI=1S/C17H17BrO/c1-11-4-5-14(8-12(11)2)10-17(19)16-7-6-15(18)9-13(16)3/h4-9H,10H2,1-3H3. The lowest BCUT2D eigenvalue weighted by molar-refractivity contribution is 0.0992. The SMILES string of the molecule is Cc1ccc(CC(=O)c2ccc(Br)cc2C)cc1C. The third kappa shape index (κ3) is 3.32. The van der Waals surface area contributed by atoms with Crippen LogP contribution in [-0.2, 0) is 6.42 Å². The molecule has 0 radical (unpaired) electrons. The molecule has 0 fully saturated rings. The van der Waals surface area contributed by atoms with Crippen LogP contribution >= 0.6 is 15.9 Å². The number of halogens is 1. The average Bonchev–Trinajstić information content (AvgIpc) is 2.33. The fourth-order valence-corrected chi connectivity index (χ4v) is 2.61. The fraction of sp³-hybridized carbons (Fsp3) is 0.235. The Labute approximate surface area is 122 Å². The van der Waals surface area contributed by atoms with Crippen LogP contribution in [0.4, 0.5) is 0 Å². The van der Waals surface area contributed by atoms with Crippen molar-refractivity contribution >= 4 is 21.7 Å². The summed E-state index contributed by atoms with van der Waals surface area (Å²) in [5.74, 6) is 0.174. The molecule has 0 aromatic heterocycles. The summed E-state index contributed by atoms with van der Waals surface area (Å²) in [6, 6.07) is 12.0. The van der Waals surface area contributed by atoms with E-state index in [1.807, 2.05) is 31.2 Å². The molecule has 2 rings (SSSR count). The lowest BCUT2D eigenvalue weighted by Gasteiger charge is -2.07. The van der Waals surface area contributed by atoms with Gasteiger partial charge in [0.15, 0.2) is 5.78 Å². The first-order valence-electron chi connectivity index (χ1n) is 6.33. The van der Waals surface area contributed by atoms with Crippen LogP contribution in [0.5, 0.6) is 0 Å². The summed E-state index contributed by atoms with van der Waals surface area (Å²) in [7, 11) is 0. The number of ketones is 1. The molecule has 2 aromatic carbocycles. The molecule has 1 nitrogen and oxygen atoms in total. The molecule has 0 spiro atoms. The maximum Gasteiger partial charge on any atom is 0.167 e.